The Morgan fingerprint density at radius 2 is 1.76 bits per heavy atom. The molecule has 0 bridgehead atoms. The largest absolute Gasteiger partial charge is 0.382 e. The highest BCUT2D eigenvalue weighted by molar-refractivity contribution is 14.0. The summed E-state index contributed by atoms with van der Waals surface area (Å²) in [5.41, 5.74) is 0.360. The number of likely N-dealkylation sites (N-methyl/N-ethyl adjacent to an activating group) is 1. The van der Waals surface area contributed by atoms with Gasteiger partial charge in [0, 0.05) is 59.0 Å². The van der Waals surface area contributed by atoms with Gasteiger partial charge in [-0.3, -0.25) is 4.99 Å². The van der Waals surface area contributed by atoms with Crippen LogP contribution in [0.1, 0.15) is 58.8 Å². The lowest BCUT2D eigenvalue weighted by atomic mass is 9.83. The summed E-state index contributed by atoms with van der Waals surface area (Å²) in [4.78, 5) is 9.98. The van der Waals surface area contributed by atoms with E-state index in [1.54, 1.807) is 0 Å². The fourth-order valence-corrected chi connectivity index (χ4v) is 4.37. The molecule has 2 rings (SSSR count). The van der Waals surface area contributed by atoms with E-state index < -0.39 is 0 Å². The van der Waals surface area contributed by atoms with Crippen LogP contribution in [0.3, 0.4) is 0 Å². The van der Waals surface area contributed by atoms with Crippen molar-refractivity contribution in [3.63, 3.8) is 0 Å². The Balaban J connectivity index is 0.00000420. The van der Waals surface area contributed by atoms with Gasteiger partial charge in [0.05, 0.1) is 0 Å². The summed E-state index contributed by atoms with van der Waals surface area (Å²) in [5, 5.41) is 6.98. The summed E-state index contributed by atoms with van der Waals surface area (Å²) in [6.07, 6.45) is 8.90. The van der Waals surface area contributed by atoms with Crippen molar-refractivity contribution in [2.45, 2.75) is 58.8 Å². The van der Waals surface area contributed by atoms with E-state index in [-0.39, 0.29) is 24.0 Å². The zero-order valence-corrected chi connectivity index (χ0v) is 21.5. The molecule has 0 unspecified atom stereocenters. The maximum absolute atomic E-state index is 5.64. The number of nitrogens with zero attached hydrogens (tertiary/aromatic N) is 3. The lowest BCUT2D eigenvalue weighted by Gasteiger charge is -2.32. The van der Waals surface area contributed by atoms with Crippen molar-refractivity contribution in [2.75, 3.05) is 72.6 Å². The normalized spacial score (nSPS) is 20.4. The number of nitrogens with one attached hydrogen (secondary N) is 2. The van der Waals surface area contributed by atoms with Crippen LogP contribution in [0.25, 0.3) is 0 Å². The van der Waals surface area contributed by atoms with E-state index in [0.717, 1.165) is 45.2 Å². The Labute approximate surface area is 196 Å². The van der Waals surface area contributed by atoms with E-state index in [4.69, 9.17) is 9.73 Å². The van der Waals surface area contributed by atoms with E-state index in [9.17, 15) is 0 Å². The predicted molar refractivity (Wildman–Crippen MR) is 135 cm³/mol. The van der Waals surface area contributed by atoms with Gasteiger partial charge in [-0.1, -0.05) is 12.8 Å². The second-order valence-electron chi connectivity index (χ2n) is 8.63. The van der Waals surface area contributed by atoms with E-state index in [1.165, 1.54) is 71.2 Å². The van der Waals surface area contributed by atoms with Gasteiger partial charge >= 0.3 is 0 Å². The molecule has 1 saturated heterocycles. The van der Waals surface area contributed by atoms with Crippen LogP contribution < -0.4 is 10.6 Å². The summed E-state index contributed by atoms with van der Waals surface area (Å²) in [6, 6.07) is 0. The summed E-state index contributed by atoms with van der Waals surface area (Å²) >= 11 is 0. The first kappa shape index (κ1) is 26.9. The van der Waals surface area contributed by atoms with Gasteiger partial charge < -0.3 is 25.2 Å². The zero-order chi connectivity index (χ0) is 20.1. The van der Waals surface area contributed by atoms with Gasteiger partial charge in [-0.2, -0.15) is 0 Å². The number of hydrogen-bond donors (Lipinski definition) is 2. The second-order valence-corrected chi connectivity index (χ2v) is 8.63. The van der Waals surface area contributed by atoms with Crippen LogP contribution in [-0.2, 0) is 4.74 Å². The van der Waals surface area contributed by atoms with Crippen molar-refractivity contribution in [3.05, 3.63) is 0 Å². The van der Waals surface area contributed by atoms with Gasteiger partial charge in [0.15, 0.2) is 5.96 Å². The first-order valence-electron chi connectivity index (χ1n) is 11.7. The molecular formula is C22H46IN5O. The molecule has 0 aromatic heterocycles. The van der Waals surface area contributed by atoms with Gasteiger partial charge in [0.2, 0.25) is 0 Å². The Morgan fingerprint density at radius 3 is 2.41 bits per heavy atom. The molecule has 0 spiro atoms. The third-order valence-electron chi connectivity index (χ3n) is 6.35. The van der Waals surface area contributed by atoms with Crippen LogP contribution in [0, 0.1) is 5.41 Å². The zero-order valence-electron chi connectivity index (χ0n) is 19.2. The predicted octanol–water partition coefficient (Wildman–Crippen LogP) is 3.17. The quantitative estimate of drug-likeness (QED) is 0.178. The minimum Gasteiger partial charge on any atom is -0.382 e. The molecule has 0 radical (unpaired) electrons. The van der Waals surface area contributed by atoms with Crippen LogP contribution in [-0.4, -0.2) is 88.4 Å². The van der Waals surface area contributed by atoms with E-state index in [0.29, 0.717) is 5.41 Å². The van der Waals surface area contributed by atoms with E-state index >= 15 is 0 Å². The molecule has 2 N–H and O–H groups in total. The second kappa shape index (κ2) is 15.6. The minimum absolute atomic E-state index is 0. The van der Waals surface area contributed by atoms with Crippen molar-refractivity contribution >= 4 is 29.9 Å². The summed E-state index contributed by atoms with van der Waals surface area (Å²) in [5.74, 6) is 0.991. The number of halogens is 1. The molecule has 7 heteroatoms. The van der Waals surface area contributed by atoms with Crippen LogP contribution in [0.5, 0.6) is 0 Å². The molecule has 0 atom stereocenters. The smallest absolute Gasteiger partial charge is 0.191 e. The molecule has 29 heavy (non-hydrogen) atoms. The third-order valence-corrected chi connectivity index (χ3v) is 6.35. The number of rotatable bonds is 12. The maximum Gasteiger partial charge on any atom is 0.191 e. The topological polar surface area (TPSA) is 52.1 Å². The molecule has 2 fully saturated rings. The van der Waals surface area contributed by atoms with Gasteiger partial charge in [0.25, 0.3) is 0 Å². The molecule has 1 aliphatic carbocycles. The molecular weight excluding hydrogens is 477 g/mol. The van der Waals surface area contributed by atoms with Gasteiger partial charge in [-0.25, -0.2) is 0 Å². The van der Waals surface area contributed by atoms with Gasteiger partial charge in [-0.15, -0.1) is 24.0 Å². The summed E-state index contributed by atoms with van der Waals surface area (Å²) in [6.45, 7) is 14.9. The molecule has 6 nitrogen and oxygen atoms in total. The molecule has 0 aromatic carbocycles. The number of aliphatic imine (C=N–C) groups is 1. The lowest BCUT2D eigenvalue weighted by Crippen LogP contribution is -2.44. The molecule has 172 valence electrons. The Bertz CT molecular complexity index is 435. The monoisotopic (exact) mass is 523 g/mol. The van der Waals surface area contributed by atoms with Crippen LogP contribution >= 0.6 is 24.0 Å². The Morgan fingerprint density at radius 1 is 1.03 bits per heavy atom. The SMILES string of the molecule is CCNC(=NCC1(CCOCC)CCCC1)NCCCCN1CCN(C)CC1.I. The first-order valence-corrected chi connectivity index (χ1v) is 11.7. The number of guanidine groups is 1. The first-order chi connectivity index (χ1) is 13.7. The minimum atomic E-state index is 0. The van der Waals surface area contributed by atoms with Gasteiger partial charge in [0.1, 0.15) is 0 Å². The van der Waals surface area contributed by atoms with Gasteiger partial charge in [-0.05, 0) is 65.0 Å². The van der Waals surface area contributed by atoms with Crippen molar-refractivity contribution in [3.8, 4) is 0 Å². The third kappa shape index (κ3) is 10.6. The van der Waals surface area contributed by atoms with Crippen molar-refractivity contribution in [1.82, 2.24) is 20.4 Å². The fourth-order valence-electron chi connectivity index (χ4n) is 4.37. The van der Waals surface area contributed by atoms with Crippen molar-refractivity contribution < 1.29 is 4.74 Å². The van der Waals surface area contributed by atoms with E-state index in [1.807, 2.05) is 0 Å². The van der Waals surface area contributed by atoms with Crippen LogP contribution in [0.2, 0.25) is 0 Å². The van der Waals surface area contributed by atoms with Crippen molar-refractivity contribution in [1.29, 1.82) is 0 Å². The molecule has 1 aliphatic heterocycles. The van der Waals surface area contributed by atoms with Crippen molar-refractivity contribution in [2.24, 2.45) is 10.4 Å². The molecule has 0 aromatic rings. The molecule has 0 amide bonds. The lowest BCUT2D eigenvalue weighted by molar-refractivity contribution is 0.107. The standard InChI is InChI=1S/C22H45N5O.HI/c1-4-23-21(24-13-8-9-14-27-17-15-26(3)16-18-27)25-20-22(10-6-7-11-22)12-19-28-5-2;/h4-20H2,1-3H3,(H2,23,24,25);1H. The average molecular weight is 524 g/mol. The maximum atomic E-state index is 5.64. The Hall–Kier alpha value is -0.120. The highest BCUT2D eigenvalue weighted by Gasteiger charge is 2.33. The summed E-state index contributed by atoms with van der Waals surface area (Å²) < 4.78 is 5.64. The highest BCUT2D eigenvalue weighted by Crippen LogP contribution is 2.41. The number of hydrogen-bond acceptors (Lipinski definition) is 4. The molecule has 2 aliphatic rings. The highest BCUT2D eigenvalue weighted by atomic mass is 127. The Kier molecular flexibility index (Phi) is 14.5. The van der Waals surface area contributed by atoms with E-state index in [2.05, 4.69) is 41.3 Å². The number of piperazine rings is 1. The number of ether oxygens (including phenoxy) is 1. The average Bonchev–Trinajstić information content (AvgIpc) is 3.16. The molecule has 1 heterocycles. The number of unbranched alkanes of at least 4 members (excludes halogenated alkanes) is 1. The summed E-state index contributed by atoms with van der Waals surface area (Å²) in [7, 11) is 2.22. The molecule has 1 saturated carbocycles. The fraction of sp³-hybridized carbons (Fsp3) is 0.955. The van der Waals surface area contributed by atoms with Crippen LogP contribution in [0.15, 0.2) is 4.99 Å². The van der Waals surface area contributed by atoms with Crippen LogP contribution in [0.4, 0.5) is 0 Å².